The molecular weight excluding hydrogens is 290 g/mol. The van der Waals surface area contributed by atoms with Crippen molar-refractivity contribution in [2.75, 3.05) is 0 Å². The van der Waals surface area contributed by atoms with E-state index < -0.39 is 6.11 Å². The first kappa shape index (κ1) is 12.0. The molecule has 0 aliphatic heterocycles. The molecule has 0 unspecified atom stereocenters. The van der Waals surface area contributed by atoms with Gasteiger partial charge in [0.1, 0.15) is 5.75 Å². The molecular formula is C13H9BrF2O. The maximum atomic E-state index is 13.8. The molecule has 0 fully saturated rings. The number of halogens is 3. The molecule has 4 heteroatoms. The Kier molecular flexibility index (Phi) is 3.43. The highest BCUT2D eigenvalue weighted by Crippen LogP contribution is 2.34. The van der Waals surface area contributed by atoms with Gasteiger partial charge in [-0.25, -0.2) is 0 Å². The van der Waals surface area contributed by atoms with E-state index in [1.54, 1.807) is 36.4 Å². The van der Waals surface area contributed by atoms with Crippen molar-refractivity contribution in [2.24, 2.45) is 0 Å². The maximum absolute atomic E-state index is 13.8. The summed E-state index contributed by atoms with van der Waals surface area (Å²) in [5.74, 6) is 0.112. The van der Waals surface area contributed by atoms with E-state index in [1.165, 1.54) is 18.2 Å². The van der Waals surface area contributed by atoms with Crippen molar-refractivity contribution in [1.82, 2.24) is 0 Å². The first-order valence-electron chi connectivity index (χ1n) is 4.96. The van der Waals surface area contributed by atoms with Crippen LogP contribution in [0.15, 0.2) is 59.1 Å². The molecule has 88 valence electrons. The zero-order valence-corrected chi connectivity index (χ0v) is 10.3. The van der Waals surface area contributed by atoms with Crippen molar-refractivity contribution >= 4 is 15.9 Å². The Morgan fingerprint density at radius 1 is 0.882 bits per heavy atom. The molecule has 0 N–H and O–H groups in total. The molecule has 17 heavy (non-hydrogen) atoms. The van der Waals surface area contributed by atoms with E-state index >= 15 is 0 Å². The summed E-state index contributed by atoms with van der Waals surface area (Å²) in [4.78, 5) is 0. The number of alkyl halides is 2. The second-order valence-electron chi connectivity index (χ2n) is 3.42. The summed E-state index contributed by atoms with van der Waals surface area (Å²) in [6.45, 7) is 0. The van der Waals surface area contributed by atoms with Crippen molar-refractivity contribution in [1.29, 1.82) is 0 Å². The van der Waals surface area contributed by atoms with Crippen LogP contribution in [0.2, 0.25) is 0 Å². The SMILES string of the molecule is FC(F)(Oc1ccccc1Br)c1ccccc1. The zero-order valence-electron chi connectivity index (χ0n) is 8.74. The summed E-state index contributed by atoms with van der Waals surface area (Å²) < 4.78 is 32.8. The van der Waals surface area contributed by atoms with Gasteiger partial charge in [-0.15, -0.1) is 0 Å². The van der Waals surface area contributed by atoms with Gasteiger partial charge in [0.05, 0.1) is 10.0 Å². The number of benzene rings is 2. The highest BCUT2D eigenvalue weighted by Gasteiger charge is 2.34. The van der Waals surface area contributed by atoms with Crippen LogP contribution in [-0.4, -0.2) is 0 Å². The van der Waals surface area contributed by atoms with Gasteiger partial charge in [-0.05, 0) is 40.2 Å². The molecule has 2 aromatic carbocycles. The molecule has 0 spiro atoms. The van der Waals surface area contributed by atoms with Gasteiger partial charge in [0.2, 0.25) is 0 Å². The van der Waals surface area contributed by atoms with Gasteiger partial charge < -0.3 is 4.74 Å². The quantitative estimate of drug-likeness (QED) is 0.806. The van der Waals surface area contributed by atoms with Crippen molar-refractivity contribution in [3.63, 3.8) is 0 Å². The molecule has 1 nitrogen and oxygen atoms in total. The molecule has 0 bridgehead atoms. The molecule has 0 amide bonds. The number of rotatable bonds is 3. The van der Waals surface area contributed by atoms with Crippen LogP contribution in [0.3, 0.4) is 0 Å². The number of hydrogen-bond donors (Lipinski definition) is 0. The fourth-order valence-corrected chi connectivity index (χ4v) is 1.72. The van der Waals surface area contributed by atoms with Gasteiger partial charge in [0, 0.05) is 0 Å². The van der Waals surface area contributed by atoms with Gasteiger partial charge in [-0.3, -0.25) is 0 Å². The van der Waals surface area contributed by atoms with Gasteiger partial charge in [-0.1, -0.05) is 30.3 Å². The van der Waals surface area contributed by atoms with Crippen molar-refractivity contribution in [3.05, 3.63) is 64.6 Å². The van der Waals surface area contributed by atoms with Gasteiger partial charge in [0.15, 0.2) is 0 Å². The van der Waals surface area contributed by atoms with Crippen LogP contribution < -0.4 is 4.74 Å². The highest BCUT2D eigenvalue weighted by atomic mass is 79.9. The molecule has 0 saturated carbocycles. The molecule has 2 rings (SSSR count). The van der Waals surface area contributed by atoms with Crippen molar-refractivity contribution in [3.8, 4) is 5.75 Å². The first-order valence-corrected chi connectivity index (χ1v) is 5.76. The van der Waals surface area contributed by atoms with Crippen LogP contribution >= 0.6 is 15.9 Å². The Bertz CT molecular complexity index is 500. The largest absolute Gasteiger partial charge is 0.428 e. The van der Waals surface area contributed by atoms with E-state index in [0.717, 1.165) is 0 Å². The number of ether oxygens (including phenoxy) is 1. The standard InChI is InChI=1S/C13H9BrF2O/c14-11-8-4-5-9-12(11)17-13(15,16)10-6-2-1-3-7-10/h1-9H. The molecule has 2 aromatic rings. The lowest BCUT2D eigenvalue weighted by atomic mass is 10.2. The van der Waals surface area contributed by atoms with Crippen LogP contribution in [0, 0.1) is 0 Å². The van der Waals surface area contributed by atoms with E-state index in [2.05, 4.69) is 15.9 Å². The fraction of sp³-hybridized carbons (Fsp3) is 0.0769. The summed E-state index contributed by atoms with van der Waals surface area (Å²) in [6.07, 6.45) is -3.34. The van der Waals surface area contributed by atoms with Crippen molar-refractivity contribution < 1.29 is 13.5 Å². The zero-order chi connectivity index (χ0) is 12.3. The average Bonchev–Trinajstić information content (AvgIpc) is 2.33. The van der Waals surface area contributed by atoms with Gasteiger partial charge >= 0.3 is 6.11 Å². The van der Waals surface area contributed by atoms with Crippen LogP contribution in [0.1, 0.15) is 5.56 Å². The molecule has 0 aliphatic rings. The lowest BCUT2D eigenvalue weighted by molar-refractivity contribution is -0.185. The second kappa shape index (κ2) is 4.84. The van der Waals surface area contributed by atoms with Crippen LogP contribution in [0.4, 0.5) is 8.78 Å². The topological polar surface area (TPSA) is 9.23 Å². The minimum atomic E-state index is -3.34. The van der Waals surface area contributed by atoms with E-state index in [9.17, 15) is 8.78 Å². The smallest absolute Gasteiger partial charge is 0.426 e. The van der Waals surface area contributed by atoms with E-state index in [1.807, 2.05) is 0 Å². The summed E-state index contributed by atoms with van der Waals surface area (Å²) >= 11 is 3.16. The minimum Gasteiger partial charge on any atom is -0.428 e. The average molecular weight is 299 g/mol. The predicted octanol–water partition coefficient (Wildman–Crippen LogP) is 4.58. The summed E-state index contributed by atoms with van der Waals surface area (Å²) in [6, 6.07) is 13.9. The lowest BCUT2D eigenvalue weighted by Crippen LogP contribution is -2.21. The van der Waals surface area contributed by atoms with Crippen molar-refractivity contribution in [2.45, 2.75) is 6.11 Å². The molecule has 0 saturated heterocycles. The molecule has 0 heterocycles. The molecule has 0 aromatic heterocycles. The van der Waals surface area contributed by atoms with Crippen LogP contribution in [-0.2, 0) is 6.11 Å². The monoisotopic (exact) mass is 298 g/mol. The third kappa shape index (κ3) is 2.82. The van der Waals surface area contributed by atoms with Crippen LogP contribution in [0.25, 0.3) is 0 Å². The predicted molar refractivity (Wildman–Crippen MR) is 65.1 cm³/mol. The Hall–Kier alpha value is -1.42. The Balaban J connectivity index is 2.27. The van der Waals surface area contributed by atoms with E-state index in [4.69, 9.17) is 4.74 Å². The lowest BCUT2D eigenvalue weighted by Gasteiger charge is -2.18. The normalized spacial score (nSPS) is 11.2. The van der Waals surface area contributed by atoms with Crippen LogP contribution in [0.5, 0.6) is 5.75 Å². The van der Waals surface area contributed by atoms with E-state index in [-0.39, 0.29) is 11.3 Å². The highest BCUT2D eigenvalue weighted by molar-refractivity contribution is 9.10. The Morgan fingerprint density at radius 3 is 2.12 bits per heavy atom. The van der Waals surface area contributed by atoms with Gasteiger partial charge in [0.25, 0.3) is 0 Å². The summed E-state index contributed by atoms with van der Waals surface area (Å²) in [7, 11) is 0. The van der Waals surface area contributed by atoms with Gasteiger partial charge in [-0.2, -0.15) is 8.78 Å². The third-order valence-electron chi connectivity index (χ3n) is 2.18. The fourth-order valence-electron chi connectivity index (χ4n) is 1.36. The molecule has 0 radical (unpaired) electrons. The summed E-state index contributed by atoms with van der Waals surface area (Å²) in [5, 5.41) is 0. The maximum Gasteiger partial charge on any atom is 0.426 e. The summed E-state index contributed by atoms with van der Waals surface area (Å²) in [5.41, 5.74) is -0.171. The van der Waals surface area contributed by atoms with E-state index in [0.29, 0.717) is 4.47 Å². The second-order valence-corrected chi connectivity index (χ2v) is 4.27. The molecule has 0 aliphatic carbocycles. The Labute approximate surface area is 106 Å². The third-order valence-corrected chi connectivity index (χ3v) is 2.84. The number of para-hydroxylation sites is 1. The number of hydrogen-bond acceptors (Lipinski definition) is 1. The minimum absolute atomic E-state index is 0.112. The molecule has 0 atom stereocenters. The first-order chi connectivity index (χ1) is 8.09. The Morgan fingerprint density at radius 2 is 1.47 bits per heavy atom.